The van der Waals surface area contributed by atoms with Gasteiger partial charge in [-0.1, -0.05) is 36.2 Å². The van der Waals surface area contributed by atoms with Crippen LogP contribution in [0.3, 0.4) is 0 Å². The Bertz CT molecular complexity index is 1060. The van der Waals surface area contributed by atoms with Crippen LogP contribution >= 0.6 is 0 Å². The van der Waals surface area contributed by atoms with E-state index in [0.29, 0.717) is 23.0 Å². The molecule has 1 fully saturated rings. The van der Waals surface area contributed by atoms with Crippen molar-refractivity contribution in [1.29, 1.82) is 0 Å². The number of aromatic nitrogens is 2. The molecule has 0 atom stereocenters. The highest BCUT2D eigenvalue weighted by atomic mass is 32.2. The Balaban J connectivity index is 1.58. The molecule has 3 aromatic rings. The van der Waals surface area contributed by atoms with Crippen molar-refractivity contribution in [2.24, 2.45) is 5.73 Å². The van der Waals surface area contributed by atoms with Crippen LogP contribution in [0.15, 0.2) is 64.0 Å². The van der Waals surface area contributed by atoms with Crippen molar-refractivity contribution < 1.29 is 12.9 Å². The first-order valence-electron chi connectivity index (χ1n) is 9.18. The number of hydrogen-bond donors (Lipinski definition) is 1. The number of anilines is 1. The number of sulfonamides is 1. The molecule has 1 aliphatic carbocycles. The molecular weight excluding hydrogens is 376 g/mol. The van der Waals surface area contributed by atoms with E-state index in [2.05, 4.69) is 10.1 Å². The van der Waals surface area contributed by atoms with E-state index >= 15 is 0 Å². The second-order valence-electron chi connectivity index (χ2n) is 7.12. The van der Waals surface area contributed by atoms with Crippen LogP contribution in [0.5, 0.6) is 0 Å². The Labute approximate surface area is 164 Å². The second-order valence-corrected chi connectivity index (χ2v) is 9.09. The Hall–Kier alpha value is -2.71. The summed E-state index contributed by atoms with van der Waals surface area (Å²) in [4.78, 5) is 4.63. The van der Waals surface area contributed by atoms with Crippen LogP contribution in [0.2, 0.25) is 0 Å². The van der Waals surface area contributed by atoms with Gasteiger partial charge in [-0.05, 0) is 49.2 Å². The molecule has 2 N–H and O–H groups in total. The van der Waals surface area contributed by atoms with Crippen molar-refractivity contribution in [1.82, 2.24) is 10.1 Å². The summed E-state index contributed by atoms with van der Waals surface area (Å²) in [6.07, 6.45) is 3.80. The fourth-order valence-electron chi connectivity index (χ4n) is 3.48. The Morgan fingerprint density at radius 3 is 2.32 bits per heavy atom. The van der Waals surface area contributed by atoms with Crippen LogP contribution in [0.4, 0.5) is 5.69 Å². The molecule has 0 bridgehead atoms. The molecule has 1 heterocycles. The molecular formula is C20H22N4O3S. The van der Waals surface area contributed by atoms with Gasteiger partial charge in [-0.3, -0.25) is 4.31 Å². The van der Waals surface area contributed by atoms with E-state index in [-0.39, 0.29) is 4.90 Å². The molecule has 1 aromatic heterocycles. The first kappa shape index (κ1) is 18.6. The lowest BCUT2D eigenvalue weighted by molar-refractivity contribution is 0.372. The van der Waals surface area contributed by atoms with E-state index < -0.39 is 15.6 Å². The quantitative estimate of drug-likeness (QED) is 0.707. The maximum Gasteiger partial charge on any atom is 0.264 e. The molecule has 7 nitrogen and oxygen atoms in total. The first-order valence-corrected chi connectivity index (χ1v) is 10.6. The summed E-state index contributed by atoms with van der Waals surface area (Å²) < 4.78 is 32.3. The fourth-order valence-corrected chi connectivity index (χ4v) is 4.67. The average molecular weight is 398 g/mol. The number of nitrogens with zero attached hydrogens (tertiary/aromatic N) is 3. The number of benzene rings is 2. The molecule has 0 unspecified atom stereocenters. The lowest BCUT2D eigenvalue weighted by Gasteiger charge is -2.19. The molecule has 0 radical (unpaired) electrons. The standard InChI is InChI=1S/C20H22N4O3S/c1-24(16-7-3-2-4-8-16)28(25,26)17-11-9-15(10-12-17)18-22-19(23-27-18)20(21)13-5-6-14-20/h2-4,7-12H,5-6,13-14,21H2,1H3. The van der Waals surface area contributed by atoms with Gasteiger partial charge in [-0.2, -0.15) is 4.98 Å². The zero-order valence-corrected chi connectivity index (χ0v) is 16.4. The highest BCUT2D eigenvalue weighted by Gasteiger charge is 2.36. The molecule has 28 heavy (non-hydrogen) atoms. The van der Waals surface area contributed by atoms with Gasteiger partial charge >= 0.3 is 0 Å². The van der Waals surface area contributed by atoms with Gasteiger partial charge in [0.2, 0.25) is 0 Å². The zero-order valence-electron chi connectivity index (χ0n) is 15.6. The predicted octanol–water partition coefficient (Wildman–Crippen LogP) is 3.29. The summed E-state index contributed by atoms with van der Waals surface area (Å²) in [5, 5.41) is 4.05. The summed E-state index contributed by atoms with van der Waals surface area (Å²) >= 11 is 0. The minimum atomic E-state index is -3.66. The maximum atomic E-state index is 12.9. The number of rotatable bonds is 5. The van der Waals surface area contributed by atoms with Crippen LogP contribution < -0.4 is 10.0 Å². The zero-order chi connectivity index (χ0) is 19.8. The van der Waals surface area contributed by atoms with E-state index in [0.717, 1.165) is 25.7 Å². The number of para-hydroxylation sites is 1. The SMILES string of the molecule is CN(c1ccccc1)S(=O)(=O)c1ccc(-c2nc(C3(N)CCCC3)no2)cc1. The molecule has 4 rings (SSSR count). The van der Waals surface area contributed by atoms with Crippen LogP contribution in [-0.4, -0.2) is 25.6 Å². The van der Waals surface area contributed by atoms with Crippen molar-refractivity contribution in [3.05, 3.63) is 60.4 Å². The van der Waals surface area contributed by atoms with E-state index in [1.54, 1.807) is 48.5 Å². The van der Waals surface area contributed by atoms with Gasteiger partial charge in [0, 0.05) is 12.6 Å². The molecule has 0 amide bonds. The molecule has 8 heteroatoms. The van der Waals surface area contributed by atoms with Gasteiger partial charge in [0.1, 0.15) is 0 Å². The largest absolute Gasteiger partial charge is 0.334 e. The minimum absolute atomic E-state index is 0.188. The fraction of sp³-hybridized carbons (Fsp3) is 0.300. The molecule has 0 saturated heterocycles. The summed E-state index contributed by atoms with van der Waals surface area (Å²) in [6.45, 7) is 0. The third kappa shape index (κ3) is 3.29. The average Bonchev–Trinajstić information content (AvgIpc) is 3.38. The van der Waals surface area contributed by atoms with E-state index in [9.17, 15) is 8.42 Å². The second kappa shape index (κ2) is 7.03. The van der Waals surface area contributed by atoms with Crippen molar-refractivity contribution in [3.8, 4) is 11.5 Å². The predicted molar refractivity (Wildman–Crippen MR) is 106 cm³/mol. The molecule has 146 valence electrons. The number of hydrogen-bond acceptors (Lipinski definition) is 6. The highest BCUT2D eigenvalue weighted by molar-refractivity contribution is 7.92. The number of nitrogens with two attached hydrogens (primary N) is 1. The van der Waals surface area contributed by atoms with Crippen LogP contribution in [0.25, 0.3) is 11.5 Å². The molecule has 0 spiro atoms. The third-order valence-electron chi connectivity index (χ3n) is 5.25. The minimum Gasteiger partial charge on any atom is -0.334 e. The van der Waals surface area contributed by atoms with Gasteiger partial charge in [-0.15, -0.1) is 0 Å². The van der Waals surface area contributed by atoms with E-state index in [1.165, 1.54) is 11.4 Å². The Morgan fingerprint density at radius 2 is 1.68 bits per heavy atom. The van der Waals surface area contributed by atoms with Crippen molar-refractivity contribution in [2.45, 2.75) is 36.1 Å². The van der Waals surface area contributed by atoms with Gasteiger partial charge in [0.25, 0.3) is 15.9 Å². The lowest BCUT2D eigenvalue weighted by Crippen LogP contribution is -2.34. The van der Waals surface area contributed by atoms with Crippen molar-refractivity contribution in [2.75, 3.05) is 11.4 Å². The van der Waals surface area contributed by atoms with Crippen molar-refractivity contribution >= 4 is 15.7 Å². The van der Waals surface area contributed by atoms with E-state index in [4.69, 9.17) is 10.3 Å². The third-order valence-corrected chi connectivity index (χ3v) is 7.05. The lowest BCUT2D eigenvalue weighted by atomic mass is 9.99. The summed E-state index contributed by atoms with van der Waals surface area (Å²) in [7, 11) is -2.13. The monoisotopic (exact) mass is 398 g/mol. The van der Waals surface area contributed by atoms with Gasteiger partial charge in [-0.25, -0.2) is 8.42 Å². The summed E-state index contributed by atoms with van der Waals surface area (Å²) in [5.74, 6) is 0.854. The molecule has 1 aliphatic rings. The van der Waals surface area contributed by atoms with Crippen LogP contribution in [-0.2, 0) is 15.6 Å². The van der Waals surface area contributed by atoms with Crippen LogP contribution in [0, 0.1) is 0 Å². The van der Waals surface area contributed by atoms with Gasteiger partial charge in [0.05, 0.1) is 16.1 Å². The molecule has 1 saturated carbocycles. The Morgan fingerprint density at radius 1 is 1.04 bits per heavy atom. The normalized spacial score (nSPS) is 16.2. The van der Waals surface area contributed by atoms with E-state index in [1.807, 2.05) is 6.07 Å². The maximum absolute atomic E-state index is 12.9. The summed E-state index contributed by atoms with van der Waals surface area (Å²) in [6, 6.07) is 15.4. The highest BCUT2D eigenvalue weighted by Crippen LogP contribution is 2.35. The van der Waals surface area contributed by atoms with Crippen molar-refractivity contribution in [3.63, 3.8) is 0 Å². The van der Waals surface area contributed by atoms with Gasteiger partial charge < -0.3 is 10.3 Å². The molecule has 0 aliphatic heterocycles. The first-order chi connectivity index (χ1) is 13.4. The van der Waals surface area contributed by atoms with Crippen LogP contribution in [0.1, 0.15) is 31.5 Å². The Kier molecular flexibility index (Phi) is 4.68. The van der Waals surface area contributed by atoms with Gasteiger partial charge in [0.15, 0.2) is 5.82 Å². The smallest absolute Gasteiger partial charge is 0.264 e. The molecule has 2 aromatic carbocycles. The topological polar surface area (TPSA) is 102 Å². The summed E-state index contributed by atoms with van der Waals surface area (Å²) in [5.41, 5.74) is 7.10.